The molecule has 2 aromatic rings. The Bertz CT molecular complexity index is 1030. The highest BCUT2D eigenvalue weighted by molar-refractivity contribution is 6.46. The number of aliphatic hydroxyl groups excluding tert-OH is 1. The number of hydrogen-bond acceptors (Lipinski definition) is 6. The summed E-state index contributed by atoms with van der Waals surface area (Å²) >= 11 is 0. The van der Waals surface area contributed by atoms with Crippen molar-refractivity contribution in [1.29, 1.82) is 0 Å². The molecular formula is C25H28N2O5. The molecule has 7 heteroatoms. The van der Waals surface area contributed by atoms with E-state index in [4.69, 9.17) is 9.47 Å². The first kappa shape index (κ1) is 21.9. The SMILES string of the molecule is CCN(CC)CCN1C(=O)C(=O)/C(=C(/O)c2ccc3c(c2)OCCO3)C1c1ccccc1. The first-order valence-electron chi connectivity index (χ1n) is 11.0. The third kappa shape index (κ3) is 4.08. The zero-order chi connectivity index (χ0) is 22.7. The Balaban J connectivity index is 1.76. The smallest absolute Gasteiger partial charge is 0.295 e. The molecule has 2 aliphatic rings. The largest absolute Gasteiger partial charge is 0.507 e. The van der Waals surface area contributed by atoms with Gasteiger partial charge in [0.2, 0.25) is 0 Å². The van der Waals surface area contributed by atoms with E-state index < -0.39 is 17.7 Å². The van der Waals surface area contributed by atoms with Crippen molar-refractivity contribution >= 4 is 17.4 Å². The van der Waals surface area contributed by atoms with Crippen LogP contribution in [0.4, 0.5) is 0 Å². The van der Waals surface area contributed by atoms with Gasteiger partial charge >= 0.3 is 0 Å². The summed E-state index contributed by atoms with van der Waals surface area (Å²) in [6, 6.07) is 13.7. The third-order valence-electron chi connectivity index (χ3n) is 6.02. The van der Waals surface area contributed by atoms with Gasteiger partial charge in [0.15, 0.2) is 11.5 Å². The Labute approximate surface area is 187 Å². The number of rotatable bonds is 7. The van der Waals surface area contributed by atoms with Crippen LogP contribution in [-0.2, 0) is 9.59 Å². The maximum atomic E-state index is 13.1. The van der Waals surface area contributed by atoms with Crippen LogP contribution in [-0.4, -0.2) is 66.0 Å². The van der Waals surface area contributed by atoms with Crippen LogP contribution >= 0.6 is 0 Å². The first-order valence-corrected chi connectivity index (χ1v) is 11.0. The van der Waals surface area contributed by atoms with E-state index in [1.54, 1.807) is 23.1 Å². The van der Waals surface area contributed by atoms with E-state index in [2.05, 4.69) is 18.7 Å². The molecule has 2 heterocycles. The number of aliphatic hydroxyl groups is 1. The summed E-state index contributed by atoms with van der Waals surface area (Å²) < 4.78 is 11.2. The summed E-state index contributed by atoms with van der Waals surface area (Å²) in [7, 11) is 0. The molecule has 0 spiro atoms. The molecule has 168 valence electrons. The topological polar surface area (TPSA) is 79.3 Å². The predicted octanol–water partition coefficient (Wildman–Crippen LogP) is 3.22. The molecule has 1 fully saturated rings. The molecule has 0 aromatic heterocycles. The summed E-state index contributed by atoms with van der Waals surface area (Å²) in [5.41, 5.74) is 1.29. The normalized spacial score (nSPS) is 19.6. The van der Waals surface area contributed by atoms with Crippen molar-refractivity contribution in [2.45, 2.75) is 19.9 Å². The number of ketones is 1. The average Bonchev–Trinajstić information content (AvgIpc) is 3.09. The standard InChI is InChI=1S/C25H28N2O5/c1-3-26(4-2)12-13-27-22(17-8-6-5-7-9-17)21(24(29)25(27)30)23(28)18-10-11-19-20(16-18)32-15-14-31-19/h5-11,16,22,28H,3-4,12-15H2,1-2H3/b23-21+. The molecule has 0 bridgehead atoms. The van der Waals surface area contributed by atoms with Crippen molar-refractivity contribution in [2.24, 2.45) is 0 Å². The Kier molecular flexibility index (Phi) is 6.46. The van der Waals surface area contributed by atoms with E-state index in [1.807, 2.05) is 30.3 Å². The molecule has 1 saturated heterocycles. The second-order valence-corrected chi connectivity index (χ2v) is 7.79. The van der Waals surface area contributed by atoms with Gasteiger partial charge in [-0.2, -0.15) is 0 Å². The van der Waals surface area contributed by atoms with Gasteiger partial charge in [-0.1, -0.05) is 44.2 Å². The van der Waals surface area contributed by atoms with Gasteiger partial charge < -0.3 is 24.4 Å². The molecule has 7 nitrogen and oxygen atoms in total. The molecule has 4 rings (SSSR count). The zero-order valence-corrected chi connectivity index (χ0v) is 18.4. The van der Waals surface area contributed by atoms with E-state index in [-0.39, 0.29) is 11.3 Å². The highest BCUT2D eigenvalue weighted by Gasteiger charge is 2.46. The highest BCUT2D eigenvalue weighted by Crippen LogP contribution is 2.40. The lowest BCUT2D eigenvalue weighted by molar-refractivity contribution is -0.140. The van der Waals surface area contributed by atoms with Crippen molar-refractivity contribution < 1.29 is 24.2 Å². The lowest BCUT2D eigenvalue weighted by Gasteiger charge is -2.28. The van der Waals surface area contributed by atoms with Crippen molar-refractivity contribution in [3.05, 3.63) is 65.2 Å². The minimum absolute atomic E-state index is 0.0948. The van der Waals surface area contributed by atoms with Gasteiger partial charge in [-0.25, -0.2) is 0 Å². The van der Waals surface area contributed by atoms with Crippen molar-refractivity contribution in [3.8, 4) is 11.5 Å². The zero-order valence-electron chi connectivity index (χ0n) is 18.4. The fraction of sp³-hybridized carbons (Fsp3) is 0.360. The Morgan fingerprint density at radius 2 is 1.72 bits per heavy atom. The number of fused-ring (bicyclic) bond motifs is 1. The van der Waals surface area contributed by atoms with Crippen LogP contribution in [0, 0.1) is 0 Å². The van der Waals surface area contributed by atoms with Crippen LogP contribution in [0.25, 0.3) is 5.76 Å². The van der Waals surface area contributed by atoms with Gasteiger partial charge in [0.25, 0.3) is 11.7 Å². The summed E-state index contributed by atoms with van der Waals surface area (Å²) in [6.45, 7) is 7.75. The second kappa shape index (κ2) is 9.44. The number of benzene rings is 2. The van der Waals surface area contributed by atoms with Crippen LogP contribution in [0.2, 0.25) is 0 Å². The molecule has 1 amide bonds. The number of nitrogens with zero attached hydrogens (tertiary/aromatic N) is 2. The summed E-state index contributed by atoms with van der Waals surface area (Å²) in [6.07, 6.45) is 0. The molecular weight excluding hydrogens is 408 g/mol. The summed E-state index contributed by atoms with van der Waals surface area (Å²) in [4.78, 5) is 29.9. The Morgan fingerprint density at radius 1 is 1.03 bits per heavy atom. The molecule has 1 N–H and O–H groups in total. The van der Waals surface area contributed by atoms with Crippen LogP contribution in [0.15, 0.2) is 54.1 Å². The van der Waals surface area contributed by atoms with Crippen molar-refractivity contribution in [2.75, 3.05) is 39.4 Å². The van der Waals surface area contributed by atoms with E-state index in [1.165, 1.54) is 0 Å². The molecule has 1 unspecified atom stereocenters. The second-order valence-electron chi connectivity index (χ2n) is 7.79. The van der Waals surface area contributed by atoms with Gasteiger partial charge in [-0.3, -0.25) is 9.59 Å². The molecule has 1 atom stereocenters. The number of ether oxygens (including phenoxy) is 2. The first-order chi connectivity index (χ1) is 15.5. The lowest BCUT2D eigenvalue weighted by Crippen LogP contribution is -2.38. The van der Waals surface area contributed by atoms with E-state index in [0.29, 0.717) is 43.4 Å². The number of carbonyl (C=O) groups excluding carboxylic acids is 2. The van der Waals surface area contributed by atoms with Crippen LogP contribution in [0.3, 0.4) is 0 Å². The maximum absolute atomic E-state index is 13.1. The molecule has 0 saturated carbocycles. The van der Waals surface area contributed by atoms with Gasteiger partial charge in [-0.05, 0) is 36.9 Å². The number of hydrogen-bond donors (Lipinski definition) is 1. The molecule has 2 aromatic carbocycles. The van der Waals surface area contributed by atoms with Gasteiger partial charge in [0.05, 0.1) is 11.6 Å². The quantitative estimate of drug-likeness (QED) is 0.408. The molecule has 2 aliphatic heterocycles. The predicted molar refractivity (Wildman–Crippen MR) is 121 cm³/mol. The van der Waals surface area contributed by atoms with Crippen molar-refractivity contribution in [1.82, 2.24) is 9.80 Å². The highest BCUT2D eigenvalue weighted by atomic mass is 16.6. The van der Waals surface area contributed by atoms with E-state index >= 15 is 0 Å². The lowest BCUT2D eigenvalue weighted by atomic mass is 9.95. The minimum Gasteiger partial charge on any atom is -0.507 e. The van der Waals surface area contributed by atoms with Crippen LogP contribution in [0.5, 0.6) is 11.5 Å². The van der Waals surface area contributed by atoms with E-state index in [0.717, 1.165) is 18.7 Å². The average molecular weight is 437 g/mol. The Morgan fingerprint density at radius 3 is 2.41 bits per heavy atom. The number of carbonyl (C=O) groups is 2. The minimum atomic E-state index is -0.675. The van der Waals surface area contributed by atoms with Gasteiger partial charge in [-0.15, -0.1) is 0 Å². The fourth-order valence-electron chi connectivity index (χ4n) is 4.23. The van der Waals surface area contributed by atoms with Gasteiger partial charge in [0.1, 0.15) is 19.0 Å². The number of likely N-dealkylation sites (N-methyl/N-ethyl adjacent to an activating group) is 1. The third-order valence-corrected chi connectivity index (χ3v) is 6.02. The number of likely N-dealkylation sites (tertiary alicyclic amines) is 1. The van der Waals surface area contributed by atoms with E-state index in [9.17, 15) is 14.7 Å². The maximum Gasteiger partial charge on any atom is 0.295 e. The van der Waals surface area contributed by atoms with Crippen LogP contribution < -0.4 is 9.47 Å². The Hall–Kier alpha value is -3.32. The van der Waals surface area contributed by atoms with Gasteiger partial charge in [0, 0.05) is 18.7 Å². The fourth-order valence-corrected chi connectivity index (χ4v) is 4.23. The molecule has 32 heavy (non-hydrogen) atoms. The summed E-state index contributed by atoms with van der Waals surface area (Å²) in [5.74, 6) is -0.380. The number of amides is 1. The van der Waals surface area contributed by atoms with Crippen molar-refractivity contribution in [3.63, 3.8) is 0 Å². The molecule has 0 aliphatic carbocycles. The molecule has 0 radical (unpaired) electrons. The van der Waals surface area contributed by atoms with Crippen LogP contribution in [0.1, 0.15) is 31.0 Å². The number of Topliss-reactive ketones (excluding diaryl/α,β-unsaturated/α-hetero) is 1. The monoisotopic (exact) mass is 436 g/mol. The summed E-state index contributed by atoms with van der Waals surface area (Å²) in [5, 5.41) is 11.2.